The molecule has 3 N–H and O–H groups in total. The van der Waals surface area contributed by atoms with E-state index in [-0.39, 0.29) is 24.7 Å². The molecule has 0 heterocycles. The molecule has 2 amide bonds. The van der Waals surface area contributed by atoms with Gasteiger partial charge in [-0.15, -0.1) is 0 Å². The molecule has 1 aromatic rings. The van der Waals surface area contributed by atoms with Crippen molar-refractivity contribution >= 4 is 6.03 Å². The Balaban J connectivity index is 2.51. The van der Waals surface area contributed by atoms with Crippen molar-refractivity contribution < 1.29 is 9.90 Å². The third-order valence-electron chi connectivity index (χ3n) is 2.58. The minimum atomic E-state index is -0.264. The van der Waals surface area contributed by atoms with Gasteiger partial charge in [0.15, 0.2) is 0 Å². The zero-order valence-corrected chi connectivity index (χ0v) is 10.5. The fourth-order valence-corrected chi connectivity index (χ4v) is 1.45. The summed E-state index contributed by atoms with van der Waals surface area (Å²) < 4.78 is 0. The van der Waals surface area contributed by atoms with Crippen molar-refractivity contribution in [2.75, 3.05) is 6.61 Å². The van der Waals surface area contributed by atoms with Crippen LogP contribution in [0.25, 0.3) is 0 Å². The quantitative estimate of drug-likeness (QED) is 0.745. The summed E-state index contributed by atoms with van der Waals surface area (Å²) in [5.74, 6) is 0. The van der Waals surface area contributed by atoms with Crippen LogP contribution in [0.1, 0.15) is 31.0 Å². The van der Waals surface area contributed by atoms with E-state index < -0.39 is 0 Å². The third kappa shape index (κ3) is 4.44. The Morgan fingerprint density at radius 3 is 2.35 bits per heavy atom. The highest BCUT2D eigenvalue weighted by atomic mass is 16.3. The highest BCUT2D eigenvalue weighted by Gasteiger charge is 2.10. The number of amides is 2. The van der Waals surface area contributed by atoms with Crippen LogP contribution in [0, 0.1) is 6.92 Å². The lowest BCUT2D eigenvalue weighted by atomic mass is 10.1. The second-order valence-electron chi connectivity index (χ2n) is 4.33. The number of carbonyl (C=O) groups is 1. The monoisotopic (exact) mass is 236 g/mol. The molecule has 4 heteroatoms. The number of aryl methyl sites for hydroxylation is 1. The molecule has 0 saturated heterocycles. The molecular formula is C13H20N2O2. The summed E-state index contributed by atoms with van der Waals surface area (Å²) in [5, 5.41) is 14.3. The highest BCUT2D eigenvalue weighted by molar-refractivity contribution is 5.74. The largest absolute Gasteiger partial charge is 0.394 e. The van der Waals surface area contributed by atoms with Crippen LogP contribution in [0.4, 0.5) is 4.79 Å². The molecule has 17 heavy (non-hydrogen) atoms. The maximum absolute atomic E-state index is 11.5. The standard InChI is InChI=1S/C13H20N2O2/c1-9-4-6-12(7-5-9)11(3)15-13(17)14-10(2)8-16/h4-7,10-11,16H,8H2,1-3H3,(H2,14,15,17). The summed E-state index contributed by atoms with van der Waals surface area (Å²) in [6.45, 7) is 5.63. The predicted octanol–water partition coefficient (Wildman–Crippen LogP) is 1.74. The normalized spacial score (nSPS) is 13.9. The number of nitrogens with one attached hydrogen (secondary N) is 2. The molecule has 1 rings (SSSR count). The fourth-order valence-electron chi connectivity index (χ4n) is 1.45. The number of hydrogen-bond acceptors (Lipinski definition) is 2. The summed E-state index contributed by atoms with van der Waals surface area (Å²) in [6, 6.07) is 7.47. The molecular weight excluding hydrogens is 216 g/mol. The van der Waals surface area contributed by atoms with Gasteiger partial charge < -0.3 is 15.7 Å². The first kappa shape index (κ1) is 13.5. The van der Waals surface area contributed by atoms with E-state index in [0.29, 0.717) is 0 Å². The number of aliphatic hydroxyl groups excluding tert-OH is 1. The molecule has 0 aliphatic rings. The van der Waals surface area contributed by atoms with Crippen LogP contribution in [0.5, 0.6) is 0 Å². The summed E-state index contributed by atoms with van der Waals surface area (Å²) in [4.78, 5) is 11.5. The van der Waals surface area contributed by atoms with Crippen LogP contribution in [0.3, 0.4) is 0 Å². The molecule has 0 radical (unpaired) electrons. The average molecular weight is 236 g/mol. The van der Waals surface area contributed by atoms with Crippen molar-refractivity contribution in [3.63, 3.8) is 0 Å². The van der Waals surface area contributed by atoms with Crippen LogP contribution < -0.4 is 10.6 Å². The molecule has 0 spiro atoms. The van der Waals surface area contributed by atoms with Gasteiger partial charge in [0, 0.05) is 0 Å². The van der Waals surface area contributed by atoms with E-state index in [1.807, 2.05) is 38.1 Å². The Morgan fingerprint density at radius 1 is 1.24 bits per heavy atom. The molecule has 94 valence electrons. The molecule has 2 atom stereocenters. The molecule has 0 fully saturated rings. The van der Waals surface area contributed by atoms with Gasteiger partial charge in [-0.1, -0.05) is 29.8 Å². The van der Waals surface area contributed by atoms with Gasteiger partial charge in [0.1, 0.15) is 0 Å². The van der Waals surface area contributed by atoms with Crippen molar-refractivity contribution in [3.8, 4) is 0 Å². The number of rotatable bonds is 4. The minimum absolute atomic E-state index is 0.0542. The molecule has 0 aliphatic heterocycles. The van der Waals surface area contributed by atoms with E-state index in [1.165, 1.54) is 5.56 Å². The summed E-state index contributed by atoms with van der Waals surface area (Å²) in [5.41, 5.74) is 2.25. The van der Waals surface area contributed by atoms with E-state index in [4.69, 9.17) is 5.11 Å². The molecule has 0 aliphatic carbocycles. The maximum Gasteiger partial charge on any atom is 0.315 e. The van der Waals surface area contributed by atoms with Crippen LogP contribution in [-0.2, 0) is 0 Å². The SMILES string of the molecule is Cc1ccc(C(C)NC(=O)NC(C)CO)cc1. The van der Waals surface area contributed by atoms with Gasteiger partial charge in [-0.05, 0) is 26.3 Å². The summed E-state index contributed by atoms with van der Waals surface area (Å²) >= 11 is 0. The van der Waals surface area contributed by atoms with Crippen LogP contribution >= 0.6 is 0 Å². The van der Waals surface area contributed by atoms with Crippen LogP contribution in [0.15, 0.2) is 24.3 Å². The first-order chi connectivity index (χ1) is 8.02. The molecule has 0 bridgehead atoms. The summed E-state index contributed by atoms with van der Waals surface area (Å²) in [6.07, 6.45) is 0. The van der Waals surface area contributed by atoms with Gasteiger partial charge in [-0.25, -0.2) is 4.79 Å². The average Bonchev–Trinajstić information content (AvgIpc) is 2.29. The fraction of sp³-hybridized carbons (Fsp3) is 0.462. The zero-order valence-electron chi connectivity index (χ0n) is 10.5. The van der Waals surface area contributed by atoms with Crippen LogP contribution in [0.2, 0.25) is 0 Å². The van der Waals surface area contributed by atoms with Crippen molar-refractivity contribution in [1.82, 2.24) is 10.6 Å². The van der Waals surface area contributed by atoms with Gasteiger partial charge >= 0.3 is 6.03 Å². The molecule has 1 aromatic carbocycles. The minimum Gasteiger partial charge on any atom is -0.394 e. The first-order valence-corrected chi connectivity index (χ1v) is 5.77. The van der Waals surface area contributed by atoms with Gasteiger partial charge in [-0.3, -0.25) is 0 Å². The second-order valence-corrected chi connectivity index (χ2v) is 4.33. The van der Waals surface area contributed by atoms with E-state index >= 15 is 0 Å². The Labute approximate surface area is 102 Å². The van der Waals surface area contributed by atoms with E-state index in [0.717, 1.165) is 5.56 Å². The topological polar surface area (TPSA) is 61.4 Å². The molecule has 2 unspecified atom stereocenters. The van der Waals surface area contributed by atoms with Crippen molar-refractivity contribution in [2.24, 2.45) is 0 Å². The number of carbonyl (C=O) groups excluding carboxylic acids is 1. The molecule has 0 saturated carbocycles. The van der Waals surface area contributed by atoms with Gasteiger partial charge in [0.2, 0.25) is 0 Å². The maximum atomic E-state index is 11.5. The Morgan fingerprint density at radius 2 is 1.82 bits per heavy atom. The summed E-state index contributed by atoms with van der Waals surface area (Å²) in [7, 11) is 0. The van der Waals surface area contributed by atoms with Crippen molar-refractivity contribution in [3.05, 3.63) is 35.4 Å². The second kappa shape index (κ2) is 6.25. The smallest absolute Gasteiger partial charge is 0.315 e. The number of benzene rings is 1. The predicted molar refractivity (Wildman–Crippen MR) is 67.8 cm³/mol. The lowest BCUT2D eigenvalue weighted by molar-refractivity contribution is 0.218. The Hall–Kier alpha value is -1.55. The Kier molecular flexibility index (Phi) is 4.97. The lowest BCUT2D eigenvalue weighted by Crippen LogP contribution is -2.43. The lowest BCUT2D eigenvalue weighted by Gasteiger charge is -2.17. The number of aliphatic hydroxyl groups is 1. The van der Waals surface area contributed by atoms with E-state index in [9.17, 15) is 4.79 Å². The van der Waals surface area contributed by atoms with E-state index in [1.54, 1.807) is 6.92 Å². The zero-order chi connectivity index (χ0) is 12.8. The van der Waals surface area contributed by atoms with Crippen molar-refractivity contribution in [2.45, 2.75) is 32.9 Å². The highest BCUT2D eigenvalue weighted by Crippen LogP contribution is 2.12. The van der Waals surface area contributed by atoms with Gasteiger partial charge in [0.25, 0.3) is 0 Å². The van der Waals surface area contributed by atoms with Gasteiger partial charge in [0.05, 0.1) is 18.7 Å². The number of hydrogen-bond donors (Lipinski definition) is 3. The van der Waals surface area contributed by atoms with Gasteiger partial charge in [-0.2, -0.15) is 0 Å². The molecule has 4 nitrogen and oxygen atoms in total. The first-order valence-electron chi connectivity index (χ1n) is 5.77. The molecule has 0 aromatic heterocycles. The van der Waals surface area contributed by atoms with E-state index in [2.05, 4.69) is 10.6 Å². The number of urea groups is 1. The van der Waals surface area contributed by atoms with Crippen molar-refractivity contribution in [1.29, 1.82) is 0 Å². The Bertz CT molecular complexity index is 362. The third-order valence-corrected chi connectivity index (χ3v) is 2.58. The van der Waals surface area contributed by atoms with Crippen LogP contribution in [-0.4, -0.2) is 23.8 Å².